The summed E-state index contributed by atoms with van der Waals surface area (Å²) in [7, 11) is -4.10. The van der Waals surface area contributed by atoms with Crippen LogP contribution in [0, 0.1) is 12.7 Å². The molecule has 0 saturated heterocycles. The lowest BCUT2D eigenvalue weighted by atomic mass is 9.95. The zero-order chi connectivity index (χ0) is 20.7. The van der Waals surface area contributed by atoms with Crippen LogP contribution in [0.4, 0.5) is 17.6 Å². The van der Waals surface area contributed by atoms with E-state index in [9.17, 15) is 26.0 Å². The lowest BCUT2D eigenvalue weighted by Crippen LogP contribution is -2.12. The summed E-state index contributed by atoms with van der Waals surface area (Å²) in [6.07, 6.45) is -3.22. The van der Waals surface area contributed by atoms with Crippen molar-refractivity contribution in [2.75, 3.05) is 0 Å². The van der Waals surface area contributed by atoms with E-state index in [0.717, 1.165) is 24.3 Å². The first-order valence-corrected chi connectivity index (χ1v) is 9.49. The Balaban J connectivity index is 2.25. The summed E-state index contributed by atoms with van der Waals surface area (Å²) in [5.41, 5.74) is -0.568. The van der Waals surface area contributed by atoms with Crippen molar-refractivity contribution in [2.45, 2.75) is 18.0 Å². The normalized spacial score (nSPS) is 12.2. The fraction of sp³-hybridized carbons (Fsp3) is 0.105. The summed E-state index contributed by atoms with van der Waals surface area (Å²) in [4.78, 5) is 3.73. The first-order valence-electron chi connectivity index (χ1n) is 7.94. The molecule has 3 aromatic rings. The molecule has 0 aliphatic rings. The number of benzene rings is 2. The summed E-state index contributed by atoms with van der Waals surface area (Å²) < 4.78 is 77.4. The molecule has 0 saturated carbocycles. The van der Waals surface area contributed by atoms with Gasteiger partial charge in [-0.25, -0.2) is 17.9 Å². The highest BCUT2D eigenvalue weighted by molar-refractivity contribution is 7.89. The van der Waals surface area contributed by atoms with Gasteiger partial charge in [0.1, 0.15) is 5.82 Å². The van der Waals surface area contributed by atoms with Gasteiger partial charge in [0.25, 0.3) is 0 Å². The Hall–Kier alpha value is -2.78. The second-order valence-corrected chi connectivity index (χ2v) is 7.68. The molecular formula is C19H14F4N2O2S. The highest BCUT2D eigenvalue weighted by Crippen LogP contribution is 2.37. The number of aryl methyl sites for hydroxylation is 1. The molecule has 4 nitrogen and oxygen atoms in total. The Morgan fingerprint density at radius 1 is 1.00 bits per heavy atom. The van der Waals surface area contributed by atoms with Crippen LogP contribution in [0.2, 0.25) is 0 Å². The number of primary sulfonamides is 1. The molecule has 146 valence electrons. The number of aromatic nitrogens is 1. The van der Waals surface area contributed by atoms with Crippen molar-refractivity contribution in [2.24, 2.45) is 5.14 Å². The zero-order valence-electron chi connectivity index (χ0n) is 14.5. The van der Waals surface area contributed by atoms with Gasteiger partial charge in [-0.05, 0) is 48.4 Å². The van der Waals surface area contributed by atoms with Crippen LogP contribution in [0.5, 0.6) is 0 Å². The van der Waals surface area contributed by atoms with E-state index >= 15 is 0 Å². The molecule has 1 heterocycles. The second kappa shape index (κ2) is 6.99. The van der Waals surface area contributed by atoms with E-state index in [1.807, 2.05) is 0 Å². The number of rotatable bonds is 3. The number of halogens is 4. The van der Waals surface area contributed by atoms with Gasteiger partial charge in [-0.2, -0.15) is 13.2 Å². The topological polar surface area (TPSA) is 73.0 Å². The molecule has 3 rings (SSSR count). The van der Waals surface area contributed by atoms with E-state index in [1.165, 1.54) is 37.4 Å². The monoisotopic (exact) mass is 410 g/mol. The average molecular weight is 410 g/mol. The first-order chi connectivity index (χ1) is 13.0. The van der Waals surface area contributed by atoms with Gasteiger partial charge in [-0.1, -0.05) is 18.2 Å². The van der Waals surface area contributed by atoms with Crippen LogP contribution in [-0.4, -0.2) is 13.4 Å². The zero-order valence-corrected chi connectivity index (χ0v) is 15.3. The third kappa shape index (κ3) is 3.90. The molecule has 0 aliphatic heterocycles. The smallest absolute Gasteiger partial charge is 0.255 e. The van der Waals surface area contributed by atoms with Crippen molar-refractivity contribution in [3.05, 3.63) is 71.7 Å². The van der Waals surface area contributed by atoms with Crippen LogP contribution < -0.4 is 5.14 Å². The Labute approximate surface area is 158 Å². The number of nitrogens with two attached hydrogens (primary N) is 1. The molecule has 0 fully saturated rings. The fourth-order valence-electron chi connectivity index (χ4n) is 2.81. The van der Waals surface area contributed by atoms with E-state index in [0.29, 0.717) is 0 Å². The van der Waals surface area contributed by atoms with Crippen molar-refractivity contribution in [3.8, 4) is 22.4 Å². The number of alkyl halides is 3. The van der Waals surface area contributed by atoms with Gasteiger partial charge in [-0.3, -0.25) is 4.98 Å². The Kier molecular flexibility index (Phi) is 4.99. The largest absolute Gasteiger partial charge is 0.416 e. The van der Waals surface area contributed by atoms with Crippen LogP contribution >= 0.6 is 0 Å². The summed E-state index contributed by atoms with van der Waals surface area (Å²) in [5, 5.41) is 5.09. The van der Waals surface area contributed by atoms with Gasteiger partial charge in [0.05, 0.1) is 16.2 Å². The minimum absolute atomic E-state index is 0.00229. The predicted molar refractivity (Wildman–Crippen MR) is 96.2 cm³/mol. The maximum absolute atomic E-state index is 14.4. The number of sulfonamides is 1. The van der Waals surface area contributed by atoms with Crippen molar-refractivity contribution in [1.29, 1.82) is 0 Å². The molecule has 0 aliphatic carbocycles. The Bertz CT molecular complexity index is 1160. The van der Waals surface area contributed by atoms with Crippen LogP contribution in [0.1, 0.15) is 11.1 Å². The lowest BCUT2D eigenvalue weighted by Gasteiger charge is -2.15. The molecule has 0 unspecified atom stereocenters. The van der Waals surface area contributed by atoms with Crippen molar-refractivity contribution < 1.29 is 26.0 Å². The minimum atomic E-state index is -4.55. The molecule has 0 amide bonds. The summed E-state index contributed by atoms with van der Waals surface area (Å²) in [6.45, 7) is 1.34. The maximum atomic E-state index is 14.4. The molecule has 2 aromatic carbocycles. The van der Waals surface area contributed by atoms with E-state index in [2.05, 4.69) is 4.98 Å². The van der Waals surface area contributed by atoms with Gasteiger partial charge in [0.2, 0.25) is 10.0 Å². The van der Waals surface area contributed by atoms with Crippen LogP contribution in [0.3, 0.4) is 0 Å². The molecule has 0 bridgehead atoms. The SMILES string of the molecule is Cc1ccc(-c2cccnc2-c2cc(S(N)(=O)=O)ccc2F)cc1C(F)(F)F. The predicted octanol–water partition coefficient (Wildman–Crippen LogP) is 4.53. The molecular weight excluding hydrogens is 396 g/mol. The molecule has 0 atom stereocenters. The Morgan fingerprint density at radius 2 is 1.71 bits per heavy atom. The quantitative estimate of drug-likeness (QED) is 0.645. The first kappa shape index (κ1) is 20.0. The average Bonchev–Trinajstić information content (AvgIpc) is 2.61. The Morgan fingerprint density at radius 3 is 2.36 bits per heavy atom. The number of nitrogens with zero attached hydrogens (tertiary/aromatic N) is 1. The number of hydrogen-bond donors (Lipinski definition) is 1. The van der Waals surface area contributed by atoms with Crippen molar-refractivity contribution in [3.63, 3.8) is 0 Å². The maximum Gasteiger partial charge on any atom is 0.416 e. The van der Waals surface area contributed by atoms with Gasteiger partial charge in [0, 0.05) is 17.3 Å². The van der Waals surface area contributed by atoms with Crippen LogP contribution in [-0.2, 0) is 16.2 Å². The van der Waals surface area contributed by atoms with E-state index < -0.39 is 27.6 Å². The molecule has 9 heteroatoms. The molecule has 1 aromatic heterocycles. The third-order valence-electron chi connectivity index (χ3n) is 4.18. The second-order valence-electron chi connectivity index (χ2n) is 6.11. The van der Waals surface area contributed by atoms with Crippen molar-refractivity contribution in [1.82, 2.24) is 4.98 Å². The molecule has 0 radical (unpaired) electrons. The van der Waals surface area contributed by atoms with Gasteiger partial charge in [-0.15, -0.1) is 0 Å². The summed E-state index contributed by atoms with van der Waals surface area (Å²) >= 11 is 0. The van der Waals surface area contributed by atoms with Gasteiger partial charge >= 0.3 is 6.18 Å². The summed E-state index contributed by atoms with van der Waals surface area (Å²) in [5.74, 6) is -0.782. The minimum Gasteiger partial charge on any atom is -0.255 e. The van der Waals surface area contributed by atoms with E-state index in [-0.39, 0.29) is 32.8 Å². The fourth-order valence-corrected chi connectivity index (χ4v) is 3.35. The lowest BCUT2D eigenvalue weighted by molar-refractivity contribution is -0.138. The molecule has 28 heavy (non-hydrogen) atoms. The van der Waals surface area contributed by atoms with E-state index in [1.54, 1.807) is 0 Å². The standard InChI is InChI=1S/C19H14F4N2O2S/c1-11-4-5-12(9-16(11)19(21,22)23)14-3-2-8-25-18(14)15-10-13(28(24,26)27)6-7-17(15)20/h2-10H,1H3,(H2,24,26,27). The number of hydrogen-bond acceptors (Lipinski definition) is 3. The van der Waals surface area contributed by atoms with Gasteiger partial charge in [0.15, 0.2) is 0 Å². The van der Waals surface area contributed by atoms with Crippen LogP contribution in [0.15, 0.2) is 59.6 Å². The van der Waals surface area contributed by atoms with Crippen molar-refractivity contribution >= 4 is 10.0 Å². The third-order valence-corrected chi connectivity index (χ3v) is 5.09. The highest BCUT2D eigenvalue weighted by atomic mass is 32.2. The summed E-state index contributed by atoms with van der Waals surface area (Å²) in [6, 6.07) is 9.64. The molecule has 2 N–H and O–H groups in total. The molecule has 0 spiro atoms. The number of pyridine rings is 1. The highest BCUT2D eigenvalue weighted by Gasteiger charge is 2.32. The van der Waals surface area contributed by atoms with Gasteiger partial charge < -0.3 is 0 Å². The van der Waals surface area contributed by atoms with E-state index in [4.69, 9.17) is 5.14 Å². The van der Waals surface area contributed by atoms with Crippen LogP contribution in [0.25, 0.3) is 22.4 Å².